The third-order valence-corrected chi connectivity index (χ3v) is 6.81. The Bertz CT molecular complexity index is 969. The van der Waals surface area contributed by atoms with E-state index in [4.69, 9.17) is 16.3 Å². The van der Waals surface area contributed by atoms with E-state index in [0.717, 1.165) is 17.7 Å². The summed E-state index contributed by atoms with van der Waals surface area (Å²) in [5, 5.41) is 9.86. The SMILES string of the molecule is COc1ccc(NC(=O)[C@@H]2C[C@H](CCSC)N[C@@]23C(=O)Nc2c(Cl)cccc23)cc1. The topological polar surface area (TPSA) is 79.5 Å². The first kappa shape index (κ1) is 21.0. The van der Waals surface area contributed by atoms with Crippen molar-refractivity contribution in [2.45, 2.75) is 24.4 Å². The maximum atomic E-state index is 13.4. The fourth-order valence-corrected chi connectivity index (χ4v) is 5.15. The number of thioether (sulfide) groups is 1. The summed E-state index contributed by atoms with van der Waals surface area (Å²) in [6.07, 6.45) is 3.50. The maximum Gasteiger partial charge on any atom is 0.250 e. The number of hydrogen-bond donors (Lipinski definition) is 3. The smallest absolute Gasteiger partial charge is 0.250 e. The van der Waals surface area contributed by atoms with E-state index in [9.17, 15) is 9.59 Å². The van der Waals surface area contributed by atoms with Crippen molar-refractivity contribution in [2.24, 2.45) is 5.92 Å². The van der Waals surface area contributed by atoms with E-state index in [0.29, 0.717) is 28.6 Å². The van der Waals surface area contributed by atoms with Crippen molar-refractivity contribution in [3.05, 3.63) is 53.1 Å². The van der Waals surface area contributed by atoms with Crippen LogP contribution in [0, 0.1) is 5.92 Å². The molecule has 1 saturated heterocycles. The highest BCUT2D eigenvalue weighted by Crippen LogP contribution is 2.49. The Morgan fingerprint density at radius 2 is 2.07 bits per heavy atom. The molecular weight excluding hydrogens is 422 g/mol. The first-order chi connectivity index (χ1) is 14.5. The van der Waals surface area contributed by atoms with Crippen LogP contribution in [0.1, 0.15) is 18.4 Å². The number of para-hydroxylation sites is 1. The molecule has 3 atom stereocenters. The zero-order chi connectivity index (χ0) is 21.3. The Kier molecular flexibility index (Phi) is 5.95. The molecule has 158 valence electrons. The Hall–Kier alpha value is -2.22. The zero-order valence-electron chi connectivity index (χ0n) is 16.8. The quantitative estimate of drug-likeness (QED) is 0.629. The average Bonchev–Trinajstić information content (AvgIpc) is 3.27. The summed E-state index contributed by atoms with van der Waals surface area (Å²) in [6, 6.07) is 12.6. The predicted molar refractivity (Wildman–Crippen MR) is 121 cm³/mol. The second-order valence-corrected chi connectivity index (χ2v) is 8.95. The summed E-state index contributed by atoms with van der Waals surface area (Å²) in [4.78, 5) is 26.6. The zero-order valence-corrected chi connectivity index (χ0v) is 18.4. The van der Waals surface area contributed by atoms with Gasteiger partial charge in [0.2, 0.25) is 11.8 Å². The molecule has 4 rings (SSSR count). The van der Waals surface area contributed by atoms with E-state index in [2.05, 4.69) is 22.2 Å². The van der Waals surface area contributed by atoms with Gasteiger partial charge in [-0.2, -0.15) is 11.8 Å². The second-order valence-electron chi connectivity index (χ2n) is 7.55. The number of methoxy groups -OCH3 is 1. The van der Waals surface area contributed by atoms with Crippen molar-refractivity contribution in [2.75, 3.05) is 29.8 Å². The molecule has 30 heavy (non-hydrogen) atoms. The van der Waals surface area contributed by atoms with Crippen LogP contribution in [0.5, 0.6) is 5.75 Å². The number of halogens is 1. The van der Waals surface area contributed by atoms with E-state index in [1.54, 1.807) is 49.2 Å². The number of benzene rings is 2. The summed E-state index contributed by atoms with van der Waals surface area (Å²) in [5.74, 6) is 0.674. The summed E-state index contributed by atoms with van der Waals surface area (Å²) >= 11 is 8.09. The van der Waals surface area contributed by atoms with E-state index >= 15 is 0 Å². The summed E-state index contributed by atoms with van der Waals surface area (Å²) in [5.41, 5.74) is 0.860. The van der Waals surface area contributed by atoms with Gasteiger partial charge in [0.05, 0.1) is 23.7 Å². The minimum absolute atomic E-state index is 0.0553. The number of ether oxygens (including phenoxy) is 1. The largest absolute Gasteiger partial charge is 0.497 e. The second kappa shape index (κ2) is 8.49. The highest BCUT2D eigenvalue weighted by atomic mass is 35.5. The number of fused-ring (bicyclic) bond motifs is 2. The van der Waals surface area contributed by atoms with Gasteiger partial charge in [0.15, 0.2) is 0 Å². The Morgan fingerprint density at radius 3 is 2.77 bits per heavy atom. The van der Waals surface area contributed by atoms with Crippen LogP contribution in [-0.2, 0) is 15.1 Å². The normalized spacial score (nSPS) is 24.6. The standard InChI is InChI=1S/C22H24ClN3O3S/c1-29-15-8-6-13(7-9-15)24-20(27)17-12-14(10-11-30-2)26-22(17)16-4-3-5-18(23)19(16)25-21(22)28/h3-9,14,17,26H,10-12H2,1-2H3,(H,24,27)(H,25,28)/t14-,17-,22+/m0/s1. The van der Waals surface area contributed by atoms with Crippen LogP contribution in [0.3, 0.4) is 0 Å². The van der Waals surface area contributed by atoms with Gasteiger partial charge in [0.25, 0.3) is 0 Å². The average molecular weight is 446 g/mol. The van der Waals surface area contributed by atoms with Gasteiger partial charge in [-0.15, -0.1) is 0 Å². The van der Waals surface area contributed by atoms with Crippen LogP contribution in [0.25, 0.3) is 0 Å². The van der Waals surface area contributed by atoms with Gasteiger partial charge in [-0.1, -0.05) is 23.7 Å². The van der Waals surface area contributed by atoms with E-state index in [1.807, 2.05) is 12.1 Å². The summed E-state index contributed by atoms with van der Waals surface area (Å²) in [6.45, 7) is 0. The molecule has 0 radical (unpaired) electrons. The minimum Gasteiger partial charge on any atom is -0.497 e. The van der Waals surface area contributed by atoms with Crippen LogP contribution < -0.4 is 20.7 Å². The molecule has 1 spiro atoms. The van der Waals surface area contributed by atoms with Crippen LogP contribution in [0.2, 0.25) is 5.02 Å². The van der Waals surface area contributed by atoms with Gasteiger partial charge >= 0.3 is 0 Å². The lowest BCUT2D eigenvalue weighted by Crippen LogP contribution is -2.52. The van der Waals surface area contributed by atoms with Gasteiger partial charge in [-0.3, -0.25) is 14.9 Å². The molecule has 1 fully saturated rings. The van der Waals surface area contributed by atoms with Crippen molar-refractivity contribution < 1.29 is 14.3 Å². The number of amides is 2. The van der Waals surface area contributed by atoms with Gasteiger partial charge in [0.1, 0.15) is 11.3 Å². The van der Waals surface area contributed by atoms with E-state index in [-0.39, 0.29) is 17.9 Å². The molecule has 0 aliphatic carbocycles. The first-order valence-corrected chi connectivity index (χ1v) is 11.6. The molecule has 2 aliphatic rings. The molecule has 8 heteroatoms. The van der Waals surface area contributed by atoms with Crippen molar-refractivity contribution in [1.82, 2.24) is 5.32 Å². The first-order valence-electron chi connectivity index (χ1n) is 9.81. The Labute approximate surface area is 185 Å². The molecule has 3 N–H and O–H groups in total. The molecule has 0 aromatic heterocycles. The van der Waals surface area contributed by atoms with Crippen molar-refractivity contribution in [3.8, 4) is 5.75 Å². The van der Waals surface area contributed by atoms with Gasteiger partial charge in [-0.05, 0) is 55.2 Å². The van der Waals surface area contributed by atoms with Crippen LogP contribution in [0.15, 0.2) is 42.5 Å². The molecule has 2 aliphatic heterocycles. The van der Waals surface area contributed by atoms with E-state index < -0.39 is 11.5 Å². The molecule has 2 heterocycles. The number of anilines is 2. The molecule has 0 saturated carbocycles. The number of rotatable bonds is 6. The van der Waals surface area contributed by atoms with E-state index in [1.165, 1.54) is 0 Å². The lowest BCUT2D eigenvalue weighted by atomic mass is 9.79. The molecule has 0 bridgehead atoms. The number of hydrogen-bond acceptors (Lipinski definition) is 5. The van der Waals surface area contributed by atoms with Crippen molar-refractivity contribution in [1.29, 1.82) is 0 Å². The number of nitrogens with one attached hydrogen (secondary N) is 3. The van der Waals surface area contributed by atoms with Crippen LogP contribution in [-0.4, -0.2) is 37.0 Å². The van der Waals surface area contributed by atoms with Crippen molar-refractivity contribution in [3.63, 3.8) is 0 Å². The van der Waals surface area contributed by atoms with Gasteiger partial charge < -0.3 is 15.4 Å². The number of carbonyl (C=O) groups excluding carboxylic acids is 2. The molecule has 6 nitrogen and oxygen atoms in total. The predicted octanol–water partition coefficient (Wildman–Crippen LogP) is 3.87. The minimum atomic E-state index is -1.13. The monoisotopic (exact) mass is 445 g/mol. The van der Waals surface area contributed by atoms with Crippen LogP contribution >= 0.6 is 23.4 Å². The maximum absolute atomic E-state index is 13.4. The molecular formula is C22H24ClN3O3S. The third kappa shape index (κ3) is 3.55. The summed E-state index contributed by atoms with van der Waals surface area (Å²) < 4.78 is 5.18. The molecule has 2 aromatic carbocycles. The highest BCUT2D eigenvalue weighted by Gasteiger charge is 2.60. The van der Waals surface area contributed by atoms with Gasteiger partial charge in [0, 0.05) is 17.3 Å². The fourth-order valence-electron chi connectivity index (χ4n) is 4.40. The third-order valence-electron chi connectivity index (χ3n) is 5.85. The Balaban J connectivity index is 1.68. The number of carbonyl (C=O) groups is 2. The summed E-state index contributed by atoms with van der Waals surface area (Å²) in [7, 11) is 1.59. The molecule has 2 amide bonds. The lowest BCUT2D eigenvalue weighted by Gasteiger charge is -2.29. The van der Waals surface area contributed by atoms with Gasteiger partial charge in [-0.25, -0.2) is 0 Å². The molecule has 0 unspecified atom stereocenters. The highest BCUT2D eigenvalue weighted by molar-refractivity contribution is 7.98. The fraction of sp³-hybridized carbons (Fsp3) is 0.364. The van der Waals surface area contributed by atoms with Crippen LogP contribution in [0.4, 0.5) is 11.4 Å². The Morgan fingerprint density at radius 1 is 1.30 bits per heavy atom. The van der Waals surface area contributed by atoms with Crippen molar-refractivity contribution >= 4 is 46.6 Å². The molecule has 2 aromatic rings. The lowest BCUT2D eigenvalue weighted by molar-refractivity contribution is -0.130.